The molecule has 2 rings (SSSR count). The van der Waals surface area contributed by atoms with Crippen molar-refractivity contribution < 1.29 is 19.8 Å². The summed E-state index contributed by atoms with van der Waals surface area (Å²) in [5.74, 6) is 1.27. The van der Waals surface area contributed by atoms with Crippen molar-refractivity contribution in [3.8, 4) is 11.5 Å². The minimum absolute atomic E-state index is 0.0337. The first-order valence-electron chi connectivity index (χ1n) is 10.8. The lowest BCUT2D eigenvalue weighted by atomic mass is 9.84. The van der Waals surface area contributed by atoms with Gasteiger partial charge in [-0.05, 0) is 77.0 Å². The van der Waals surface area contributed by atoms with E-state index in [-0.39, 0.29) is 18.6 Å². The Hall–Kier alpha value is -2.24. The molecule has 1 N–H and O–H groups in total. The van der Waals surface area contributed by atoms with Gasteiger partial charge in [0.15, 0.2) is 0 Å². The molecular formula is C23H37NO5. The summed E-state index contributed by atoms with van der Waals surface area (Å²) in [4.78, 5) is 14.5. The molecule has 0 radical (unpaired) electrons. The molecule has 1 unspecified atom stereocenters. The average Bonchev–Trinajstić information content (AvgIpc) is 2.65. The Labute approximate surface area is 175 Å². The van der Waals surface area contributed by atoms with Gasteiger partial charge >= 0.3 is 0 Å². The van der Waals surface area contributed by atoms with E-state index in [1.165, 1.54) is 5.57 Å². The minimum atomic E-state index is -0.756. The molecule has 0 bridgehead atoms. The first-order chi connectivity index (χ1) is 13.9. The Balaban J connectivity index is 0.00000204. The van der Waals surface area contributed by atoms with Crippen LogP contribution >= 0.6 is 0 Å². The lowest BCUT2D eigenvalue weighted by Gasteiger charge is -2.25. The summed E-state index contributed by atoms with van der Waals surface area (Å²) in [6.07, 6.45) is 8.71. The molecular weight excluding hydrogens is 370 g/mol. The number of phenolic OH excluding ortho intramolecular Hbond substituents is 1. The highest BCUT2D eigenvalue weighted by molar-refractivity contribution is 5.51. The lowest BCUT2D eigenvalue weighted by molar-refractivity contribution is -0.757. The Bertz CT molecular complexity index is 669. The van der Waals surface area contributed by atoms with Gasteiger partial charge in [0.1, 0.15) is 11.5 Å². The quantitative estimate of drug-likeness (QED) is 0.212. The van der Waals surface area contributed by atoms with Crippen molar-refractivity contribution in [1.29, 1.82) is 0 Å². The van der Waals surface area contributed by atoms with Crippen LogP contribution in [0, 0.1) is 10.1 Å². The molecule has 0 heterocycles. The van der Waals surface area contributed by atoms with Gasteiger partial charge in [-0.2, -0.15) is 0 Å². The number of unbranched alkanes of at least 4 members (excludes halogenated alkanes) is 2. The molecule has 0 fully saturated rings. The van der Waals surface area contributed by atoms with Gasteiger partial charge in [0.25, 0.3) is 5.09 Å². The van der Waals surface area contributed by atoms with Gasteiger partial charge in [0.05, 0.1) is 12.7 Å². The SMILES string of the molecule is CC.CC1=CC(c2c(O)cc(CCCCCO[N+](=O)[O-])cc2OC(C)C)CCC1. The van der Waals surface area contributed by atoms with Crippen LogP contribution in [-0.2, 0) is 11.3 Å². The van der Waals surface area contributed by atoms with Crippen LogP contribution in [0.2, 0.25) is 0 Å². The summed E-state index contributed by atoms with van der Waals surface area (Å²) in [6.45, 7) is 10.3. The molecule has 0 saturated carbocycles. The zero-order valence-corrected chi connectivity index (χ0v) is 18.6. The summed E-state index contributed by atoms with van der Waals surface area (Å²) < 4.78 is 6.04. The Morgan fingerprint density at radius 3 is 2.59 bits per heavy atom. The molecule has 0 aromatic heterocycles. The predicted octanol–water partition coefficient (Wildman–Crippen LogP) is 6.34. The number of hydrogen-bond donors (Lipinski definition) is 1. The largest absolute Gasteiger partial charge is 0.507 e. The molecule has 0 spiro atoms. The molecule has 1 aromatic rings. The van der Waals surface area contributed by atoms with Crippen molar-refractivity contribution in [1.82, 2.24) is 0 Å². The Morgan fingerprint density at radius 2 is 1.97 bits per heavy atom. The summed E-state index contributed by atoms with van der Waals surface area (Å²) in [5.41, 5.74) is 3.28. The number of nitrogens with zero attached hydrogens (tertiary/aromatic N) is 1. The number of phenols is 1. The Morgan fingerprint density at radius 1 is 1.24 bits per heavy atom. The van der Waals surface area contributed by atoms with Gasteiger partial charge in [-0.25, -0.2) is 0 Å². The predicted molar refractivity (Wildman–Crippen MR) is 116 cm³/mol. The van der Waals surface area contributed by atoms with Crippen molar-refractivity contribution in [3.05, 3.63) is 45.0 Å². The fourth-order valence-electron chi connectivity index (χ4n) is 3.62. The van der Waals surface area contributed by atoms with Crippen LogP contribution in [0.4, 0.5) is 0 Å². The number of ether oxygens (including phenoxy) is 1. The lowest BCUT2D eigenvalue weighted by Crippen LogP contribution is -2.11. The summed E-state index contributed by atoms with van der Waals surface area (Å²) >= 11 is 0. The number of allylic oxidation sites excluding steroid dienone is 2. The molecule has 6 nitrogen and oxygen atoms in total. The third kappa shape index (κ3) is 8.75. The van der Waals surface area contributed by atoms with Crippen LogP contribution in [0.1, 0.15) is 90.2 Å². The molecule has 164 valence electrons. The monoisotopic (exact) mass is 407 g/mol. The highest BCUT2D eigenvalue weighted by Gasteiger charge is 2.22. The molecule has 1 aliphatic rings. The number of hydrogen-bond acceptors (Lipinski definition) is 5. The van der Waals surface area contributed by atoms with E-state index in [0.29, 0.717) is 12.2 Å². The maximum absolute atomic E-state index is 10.7. The van der Waals surface area contributed by atoms with E-state index < -0.39 is 5.09 Å². The second-order valence-electron chi connectivity index (χ2n) is 7.57. The second-order valence-corrected chi connectivity index (χ2v) is 7.57. The molecule has 0 amide bonds. The van der Waals surface area contributed by atoms with Crippen molar-refractivity contribution in [2.24, 2.45) is 0 Å². The number of rotatable bonds is 10. The highest BCUT2D eigenvalue weighted by atomic mass is 16.9. The topological polar surface area (TPSA) is 81.8 Å². The molecule has 29 heavy (non-hydrogen) atoms. The fraction of sp³-hybridized carbons (Fsp3) is 0.652. The fourth-order valence-corrected chi connectivity index (χ4v) is 3.62. The zero-order chi connectivity index (χ0) is 21.8. The number of aryl methyl sites for hydroxylation is 1. The van der Waals surface area contributed by atoms with Crippen molar-refractivity contribution in [2.45, 2.75) is 91.6 Å². The minimum Gasteiger partial charge on any atom is -0.507 e. The maximum atomic E-state index is 10.7. The van der Waals surface area contributed by atoms with Crippen molar-refractivity contribution in [3.63, 3.8) is 0 Å². The van der Waals surface area contributed by atoms with E-state index in [1.807, 2.05) is 39.8 Å². The highest BCUT2D eigenvalue weighted by Crippen LogP contribution is 2.42. The van der Waals surface area contributed by atoms with Gasteiger partial charge in [-0.1, -0.05) is 31.9 Å². The third-order valence-electron chi connectivity index (χ3n) is 4.79. The van der Waals surface area contributed by atoms with E-state index >= 15 is 0 Å². The molecule has 1 aromatic carbocycles. The van der Waals surface area contributed by atoms with Gasteiger partial charge in [-0.3, -0.25) is 0 Å². The van der Waals surface area contributed by atoms with E-state index in [9.17, 15) is 15.2 Å². The van der Waals surface area contributed by atoms with Crippen LogP contribution in [0.5, 0.6) is 11.5 Å². The molecule has 6 heteroatoms. The molecule has 0 saturated heterocycles. The van der Waals surface area contributed by atoms with Gasteiger partial charge in [0.2, 0.25) is 0 Å². The van der Waals surface area contributed by atoms with Crippen LogP contribution in [0.25, 0.3) is 0 Å². The van der Waals surface area contributed by atoms with Crippen LogP contribution in [-0.4, -0.2) is 22.9 Å². The standard InChI is InChI=1S/C21H31NO5.C2H6/c1-15(2)27-20-14-17(9-5-4-6-11-26-22(24)25)13-19(23)21(20)18-10-7-8-16(3)12-18;1-2/h12-15,18,23H,4-11H2,1-3H3;1-2H3. The number of aromatic hydroxyl groups is 1. The second kappa shape index (κ2) is 13.1. The molecule has 0 aliphatic heterocycles. The van der Waals surface area contributed by atoms with Crippen LogP contribution in [0.3, 0.4) is 0 Å². The molecule has 1 atom stereocenters. The van der Waals surface area contributed by atoms with Crippen LogP contribution < -0.4 is 4.74 Å². The van der Waals surface area contributed by atoms with E-state index in [1.54, 1.807) is 0 Å². The van der Waals surface area contributed by atoms with Crippen molar-refractivity contribution in [2.75, 3.05) is 6.61 Å². The summed E-state index contributed by atoms with van der Waals surface area (Å²) in [6, 6.07) is 3.88. The smallest absolute Gasteiger partial charge is 0.294 e. The maximum Gasteiger partial charge on any atom is 0.294 e. The average molecular weight is 408 g/mol. The van der Waals surface area contributed by atoms with Gasteiger partial charge < -0.3 is 14.7 Å². The third-order valence-corrected chi connectivity index (χ3v) is 4.79. The van der Waals surface area contributed by atoms with E-state index in [4.69, 9.17) is 4.74 Å². The van der Waals surface area contributed by atoms with E-state index in [2.05, 4.69) is 17.8 Å². The van der Waals surface area contributed by atoms with Gasteiger partial charge in [0, 0.05) is 11.5 Å². The summed E-state index contributed by atoms with van der Waals surface area (Å²) in [7, 11) is 0. The van der Waals surface area contributed by atoms with Gasteiger partial charge in [-0.15, -0.1) is 10.1 Å². The first-order valence-corrected chi connectivity index (χ1v) is 10.8. The first kappa shape index (κ1) is 24.8. The van der Waals surface area contributed by atoms with Crippen LogP contribution in [0.15, 0.2) is 23.8 Å². The molecule has 1 aliphatic carbocycles. The Kier molecular flexibility index (Phi) is 11.2. The summed E-state index contributed by atoms with van der Waals surface area (Å²) in [5, 5.41) is 20.1. The normalized spacial score (nSPS) is 15.9. The van der Waals surface area contributed by atoms with Crippen molar-refractivity contribution >= 4 is 0 Å². The van der Waals surface area contributed by atoms with E-state index in [0.717, 1.165) is 55.4 Å². The zero-order valence-electron chi connectivity index (χ0n) is 18.6. The number of benzene rings is 1.